The Kier molecular flexibility index (Phi) is 10.1. The summed E-state index contributed by atoms with van der Waals surface area (Å²) in [5.74, 6) is 0. The van der Waals surface area contributed by atoms with Crippen molar-refractivity contribution in [2.45, 2.75) is 77.5 Å². The van der Waals surface area contributed by atoms with Crippen LogP contribution in [0.3, 0.4) is 0 Å². The summed E-state index contributed by atoms with van der Waals surface area (Å²) < 4.78 is 0. The molecule has 0 saturated heterocycles. The highest BCUT2D eigenvalue weighted by molar-refractivity contribution is 7.23. The van der Waals surface area contributed by atoms with E-state index >= 15 is 0 Å². The Hall–Kier alpha value is -0.325. The predicted molar refractivity (Wildman–Crippen MR) is 95.7 cm³/mol. The van der Waals surface area contributed by atoms with Gasteiger partial charge in [-0.1, -0.05) is 38.2 Å². The van der Waals surface area contributed by atoms with Crippen molar-refractivity contribution >= 4 is 22.0 Å². The minimum Gasteiger partial charge on any atom is -0.0881 e. The minimum atomic E-state index is 1.33. The van der Waals surface area contributed by atoms with E-state index in [-0.39, 0.29) is 0 Å². The summed E-state index contributed by atoms with van der Waals surface area (Å²) >= 11 is 0. The standard InChI is InChI=1S/C14H22.C2H9B3/c1-2-6-10-13(9-5-1)14-11-7-3-4-8-12-14;1-2-4-5-3/h9,11H,1-8,10,12H2;4-5H,2-3H2,1H3. The highest BCUT2D eigenvalue weighted by atomic mass is 14.1. The maximum atomic E-state index is 2.52. The molecule has 3 heteroatoms. The van der Waals surface area contributed by atoms with Gasteiger partial charge in [0, 0.05) is 0 Å². The predicted octanol–water partition coefficient (Wildman–Crippen LogP) is 3.53. The van der Waals surface area contributed by atoms with Gasteiger partial charge < -0.3 is 0 Å². The first-order valence-corrected chi connectivity index (χ1v) is 8.77. The number of allylic oxidation sites excluding steroid dienone is 4. The van der Waals surface area contributed by atoms with Crippen LogP contribution in [0.1, 0.15) is 71.1 Å². The van der Waals surface area contributed by atoms with Crippen molar-refractivity contribution in [2.24, 2.45) is 0 Å². The summed E-state index contributed by atoms with van der Waals surface area (Å²) in [7, 11) is 4.94. The SMILES string of the molecule is BBBCC.C1=C(C2=CCCCCC2)CCCCC1. The molecule has 0 aromatic heterocycles. The summed E-state index contributed by atoms with van der Waals surface area (Å²) in [5.41, 5.74) is 3.40. The van der Waals surface area contributed by atoms with Crippen molar-refractivity contribution in [3.63, 3.8) is 0 Å². The fourth-order valence-electron chi connectivity index (χ4n) is 2.97. The van der Waals surface area contributed by atoms with Gasteiger partial charge in [0.1, 0.15) is 0 Å². The molecule has 0 aromatic carbocycles. The maximum absolute atomic E-state index is 2.52. The Labute approximate surface area is 123 Å². The summed E-state index contributed by atoms with van der Waals surface area (Å²) in [6.07, 6.45) is 20.3. The largest absolute Gasteiger partial charge is 0.0881 e. The quantitative estimate of drug-likeness (QED) is 0.677. The summed E-state index contributed by atoms with van der Waals surface area (Å²) in [6, 6.07) is 0. The van der Waals surface area contributed by atoms with Gasteiger partial charge in [0.15, 0.2) is 0 Å². The molecule has 2 rings (SSSR count). The molecule has 104 valence electrons. The molecule has 0 spiro atoms. The van der Waals surface area contributed by atoms with Crippen LogP contribution in [0.2, 0.25) is 6.32 Å². The van der Waals surface area contributed by atoms with Crippen LogP contribution in [0.25, 0.3) is 0 Å². The normalized spacial score (nSPS) is 19.8. The van der Waals surface area contributed by atoms with E-state index in [1.165, 1.54) is 84.8 Å². The Morgan fingerprint density at radius 2 is 1.42 bits per heavy atom. The van der Waals surface area contributed by atoms with Gasteiger partial charge in [-0.15, -0.1) is 0 Å². The summed E-state index contributed by atoms with van der Waals surface area (Å²) in [4.78, 5) is 0. The third-order valence-electron chi connectivity index (χ3n) is 4.20. The smallest absolute Gasteiger partial charge is 0.0776 e. The van der Waals surface area contributed by atoms with Gasteiger partial charge in [-0.25, -0.2) is 0 Å². The van der Waals surface area contributed by atoms with Crippen LogP contribution in [0.15, 0.2) is 23.3 Å². The second-order valence-electron chi connectivity index (χ2n) is 6.01. The van der Waals surface area contributed by atoms with Crippen LogP contribution in [0, 0.1) is 0 Å². The molecule has 0 N–H and O–H groups in total. The first-order valence-electron chi connectivity index (χ1n) is 8.77. The number of hydrogen-bond donors (Lipinski definition) is 0. The summed E-state index contributed by atoms with van der Waals surface area (Å²) in [5, 5.41) is 0. The molecule has 0 unspecified atom stereocenters. The highest BCUT2D eigenvalue weighted by Crippen LogP contribution is 2.29. The molecule has 0 nitrogen and oxygen atoms in total. The zero-order chi connectivity index (χ0) is 13.8. The molecule has 0 radical (unpaired) electrons. The van der Waals surface area contributed by atoms with Gasteiger partial charge in [0.25, 0.3) is 0 Å². The highest BCUT2D eigenvalue weighted by Gasteiger charge is 2.09. The molecule has 0 bridgehead atoms. The van der Waals surface area contributed by atoms with Crippen LogP contribution in [-0.2, 0) is 0 Å². The molecular weight excluding hydrogens is 225 g/mol. The van der Waals surface area contributed by atoms with Gasteiger partial charge in [-0.2, -0.15) is 0 Å². The molecule has 2 aliphatic carbocycles. The molecule has 0 saturated carbocycles. The number of hydrogen-bond acceptors (Lipinski definition) is 0. The summed E-state index contributed by atoms with van der Waals surface area (Å²) in [6.45, 7) is 2.21. The fraction of sp³-hybridized carbons (Fsp3) is 0.750. The Morgan fingerprint density at radius 1 is 0.895 bits per heavy atom. The minimum absolute atomic E-state index is 1.33. The lowest BCUT2D eigenvalue weighted by atomic mass is 9.27. The molecule has 0 amide bonds. The molecular formula is C16H31B3. The lowest BCUT2D eigenvalue weighted by Gasteiger charge is -2.09. The van der Waals surface area contributed by atoms with Crippen LogP contribution >= 0.6 is 0 Å². The van der Waals surface area contributed by atoms with Crippen LogP contribution in [0.5, 0.6) is 0 Å². The topological polar surface area (TPSA) is 0 Å². The van der Waals surface area contributed by atoms with E-state index in [2.05, 4.69) is 26.8 Å². The third kappa shape index (κ3) is 7.75. The fourth-order valence-corrected chi connectivity index (χ4v) is 2.97. The van der Waals surface area contributed by atoms with Crippen LogP contribution < -0.4 is 0 Å². The van der Waals surface area contributed by atoms with Crippen molar-refractivity contribution < 1.29 is 0 Å². The van der Waals surface area contributed by atoms with Gasteiger partial charge in [0.2, 0.25) is 0 Å². The Bertz CT molecular complexity index is 254. The van der Waals surface area contributed by atoms with E-state index in [9.17, 15) is 0 Å². The van der Waals surface area contributed by atoms with Crippen LogP contribution in [0.4, 0.5) is 0 Å². The second kappa shape index (κ2) is 11.5. The van der Waals surface area contributed by atoms with Gasteiger partial charge in [0.05, 0.1) is 22.0 Å². The number of rotatable bonds is 3. The molecule has 0 heterocycles. The lowest BCUT2D eigenvalue weighted by molar-refractivity contribution is 0.699. The molecule has 19 heavy (non-hydrogen) atoms. The van der Waals surface area contributed by atoms with E-state index in [1.54, 1.807) is 11.1 Å². The molecule has 0 aliphatic heterocycles. The molecule has 0 aromatic rings. The molecule has 0 atom stereocenters. The van der Waals surface area contributed by atoms with Crippen molar-refractivity contribution in [3.05, 3.63) is 23.3 Å². The van der Waals surface area contributed by atoms with Gasteiger partial charge in [-0.3, -0.25) is 0 Å². The Balaban J connectivity index is 0.000000312. The lowest BCUT2D eigenvalue weighted by Crippen LogP contribution is -1.98. The maximum Gasteiger partial charge on any atom is 0.0776 e. The van der Waals surface area contributed by atoms with Crippen LogP contribution in [-0.4, -0.2) is 22.0 Å². The van der Waals surface area contributed by atoms with E-state index < -0.39 is 0 Å². The zero-order valence-electron chi connectivity index (χ0n) is 13.3. The first-order chi connectivity index (χ1) is 9.38. The Morgan fingerprint density at radius 3 is 1.79 bits per heavy atom. The van der Waals surface area contributed by atoms with E-state index in [1.807, 2.05) is 0 Å². The van der Waals surface area contributed by atoms with E-state index in [4.69, 9.17) is 0 Å². The second-order valence-corrected chi connectivity index (χ2v) is 6.01. The molecule has 0 fully saturated rings. The van der Waals surface area contributed by atoms with E-state index in [0.717, 1.165) is 0 Å². The third-order valence-corrected chi connectivity index (χ3v) is 4.20. The zero-order valence-corrected chi connectivity index (χ0v) is 13.3. The molecule has 2 aliphatic rings. The monoisotopic (exact) mass is 256 g/mol. The van der Waals surface area contributed by atoms with Gasteiger partial charge >= 0.3 is 0 Å². The van der Waals surface area contributed by atoms with Crippen molar-refractivity contribution in [2.75, 3.05) is 0 Å². The van der Waals surface area contributed by atoms with Crippen molar-refractivity contribution in [1.82, 2.24) is 0 Å². The van der Waals surface area contributed by atoms with E-state index in [0.29, 0.717) is 0 Å². The van der Waals surface area contributed by atoms with Gasteiger partial charge in [-0.05, 0) is 62.5 Å². The van der Waals surface area contributed by atoms with Crippen molar-refractivity contribution in [3.8, 4) is 0 Å². The average Bonchev–Trinajstić information content (AvgIpc) is 2.85. The first kappa shape index (κ1) is 16.7. The van der Waals surface area contributed by atoms with Crippen molar-refractivity contribution in [1.29, 1.82) is 0 Å². The average molecular weight is 256 g/mol.